The molecule has 0 aromatic carbocycles. The summed E-state index contributed by atoms with van der Waals surface area (Å²) in [5, 5.41) is 3.70. The highest BCUT2D eigenvalue weighted by atomic mass is 14.9. The van der Waals surface area contributed by atoms with E-state index in [-0.39, 0.29) is 0 Å². The minimum atomic E-state index is 0.812. The summed E-state index contributed by atoms with van der Waals surface area (Å²) < 4.78 is 0. The van der Waals surface area contributed by atoms with Crippen LogP contribution in [0.2, 0.25) is 0 Å². The highest BCUT2D eigenvalue weighted by Gasteiger charge is 2.19. The molecule has 13 heavy (non-hydrogen) atoms. The van der Waals surface area contributed by atoms with E-state index in [9.17, 15) is 0 Å². The Morgan fingerprint density at radius 3 is 2.54 bits per heavy atom. The molecular weight excluding hydrogens is 158 g/mol. The summed E-state index contributed by atoms with van der Waals surface area (Å²) in [5.41, 5.74) is 0. The lowest BCUT2D eigenvalue weighted by atomic mass is 9.86. The first kappa shape index (κ1) is 11.0. The zero-order valence-corrected chi connectivity index (χ0v) is 9.47. The highest BCUT2D eigenvalue weighted by molar-refractivity contribution is 4.77. The molecule has 1 heteroatoms. The van der Waals surface area contributed by atoms with Gasteiger partial charge >= 0.3 is 0 Å². The number of hydrogen-bond donors (Lipinski definition) is 1. The standard InChI is InChI=1S/C12H25N/c1-10(2)8-9-13-12-7-5-4-6-11(12)3/h10-13H,4-9H2,1-3H3. The Morgan fingerprint density at radius 1 is 1.23 bits per heavy atom. The zero-order valence-electron chi connectivity index (χ0n) is 9.47. The van der Waals surface area contributed by atoms with E-state index in [0.29, 0.717) is 0 Å². The molecule has 0 aliphatic heterocycles. The van der Waals surface area contributed by atoms with E-state index in [4.69, 9.17) is 0 Å². The van der Waals surface area contributed by atoms with Crippen LogP contribution in [0.25, 0.3) is 0 Å². The van der Waals surface area contributed by atoms with Gasteiger partial charge in [-0.3, -0.25) is 0 Å². The maximum atomic E-state index is 3.70. The van der Waals surface area contributed by atoms with Gasteiger partial charge in [-0.2, -0.15) is 0 Å². The Morgan fingerprint density at radius 2 is 1.92 bits per heavy atom. The average molecular weight is 183 g/mol. The second kappa shape index (κ2) is 5.64. The smallest absolute Gasteiger partial charge is 0.00926 e. The molecule has 1 saturated carbocycles. The third-order valence-corrected chi connectivity index (χ3v) is 3.24. The van der Waals surface area contributed by atoms with Gasteiger partial charge in [0.25, 0.3) is 0 Å². The molecule has 0 radical (unpaired) electrons. The molecule has 0 aromatic heterocycles. The van der Waals surface area contributed by atoms with Gasteiger partial charge < -0.3 is 5.32 Å². The summed E-state index contributed by atoms with van der Waals surface area (Å²) in [6, 6.07) is 0.812. The molecule has 0 bridgehead atoms. The van der Waals surface area contributed by atoms with Crippen molar-refractivity contribution >= 4 is 0 Å². The van der Waals surface area contributed by atoms with Gasteiger partial charge in [0.2, 0.25) is 0 Å². The molecule has 1 nitrogen and oxygen atoms in total. The lowest BCUT2D eigenvalue weighted by Crippen LogP contribution is -2.38. The molecule has 0 heterocycles. The van der Waals surface area contributed by atoms with Crippen LogP contribution in [-0.2, 0) is 0 Å². The van der Waals surface area contributed by atoms with Crippen molar-refractivity contribution in [2.75, 3.05) is 6.54 Å². The van der Waals surface area contributed by atoms with Gasteiger partial charge in [-0.15, -0.1) is 0 Å². The van der Waals surface area contributed by atoms with E-state index in [2.05, 4.69) is 26.1 Å². The largest absolute Gasteiger partial charge is 0.314 e. The van der Waals surface area contributed by atoms with Crippen molar-refractivity contribution in [3.05, 3.63) is 0 Å². The molecule has 1 aliphatic rings. The highest BCUT2D eigenvalue weighted by Crippen LogP contribution is 2.23. The Kier molecular flexibility index (Phi) is 4.79. The van der Waals surface area contributed by atoms with Gasteiger partial charge in [0.15, 0.2) is 0 Å². The third kappa shape index (κ3) is 4.12. The second-order valence-corrected chi connectivity index (χ2v) is 5.00. The van der Waals surface area contributed by atoms with Gasteiger partial charge in [-0.25, -0.2) is 0 Å². The van der Waals surface area contributed by atoms with Crippen molar-refractivity contribution < 1.29 is 0 Å². The molecular formula is C12H25N. The molecule has 1 N–H and O–H groups in total. The normalized spacial score (nSPS) is 29.5. The predicted molar refractivity (Wildman–Crippen MR) is 58.9 cm³/mol. The van der Waals surface area contributed by atoms with Gasteiger partial charge in [-0.05, 0) is 37.6 Å². The van der Waals surface area contributed by atoms with Crippen LogP contribution in [0.1, 0.15) is 52.9 Å². The summed E-state index contributed by atoms with van der Waals surface area (Å²) >= 11 is 0. The first-order valence-corrected chi connectivity index (χ1v) is 5.93. The molecule has 0 saturated heterocycles. The Hall–Kier alpha value is -0.0400. The number of hydrogen-bond acceptors (Lipinski definition) is 1. The van der Waals surface area contributed by atoms with Gasteiger partial charge in [0.1, 0.15) is 0 Å². The van der Waals surface area contributed by atoms with Crippen LogP contribution in [-0.4, -0.2) is 12.6 Å². The molecule has 78 valence electrons. The van der Waals surface area contributed by atoms with E-state index in [1.807, 2.05) is 0 Å². The van der Waals surface area contributed by atoms with Crippen LogP contribution in [0.3, 0.4) is 0 Å². The maximum Gasteiger partial charge on any atom is 0.00926 e. The fourth-order valence-corrected chi connectivity index (χ4v) is 2.18. The topological polar surface area (TPSA) is 12.0 Å². The van der Waals surface area contributed by atoms with E-state index in [1.54, 1.807) is 0 Å². The molecule has 0 amide bonds. The van der Waals surface area contributed by atoms with E-state index >= 15 is 0 Å². The minimum absolute atomic E-state index is 0.812. The van der Waals surface area contributed by atoms with Crippen LogP contribution in [0.5, 0.6) is 0 Å². The summed E-state index contributed by atoms with van der Waals surface area (Å²) in [4.78, 5) is 0. The summed E-state index contributed by atoms with van der Waals surface area (Å²) in [6.45, 7) is 8.21. The molecule has 1 aliphatic carbocycles. The van der Waals surface area contributed by atoms with Crippen LogP contribution < -0.4 is 5.32 Å². The predicted octanol–water partition coefficient (Wildman–Crippen LogP) is 3.20. The first-order chi connectivity index (χ1) is 6.20. The van der Waals surface area contributed by atoms with E-state index in [1.165, 1.54) is 38.6 Å². The van der Waals surface area contributed by atoms with Gasteiger partial charge in [-0.1, -0.05) is 33.6 Å². The van der Waals surface area contributed by atoms with Crippen molar-refractivity contribution in [2.45, 2.75) is 58.9 Å². The summed E-state index contributed by atoms with van der Waals surface area (Å²) in [5.74, 6) is 1.74. The van der Waals surface area contributed by atoms with Crippen molar-refractivity contribution in [2.24, 2.45) is 11.8 Å². The lowest BCUT2D eigenvalue weighted by molar-refractivity contribution is 0.277. The van der Waals surface area contributed by atoms with Crippen LogP contribution in [0.4, 0.5) is 0 Å². The minimum Gasteiger partial charge on any atom is -0.314 e. The molecule has 2 unspecified atom stereocenters. The fraction of sp³-hybridized carbons (Fsp3) is 1.00. The Bertz CT molecular complexity index is 131. The SMILES string of the molecule is CC(C)CCNC1CCCCC1C. The van der Waals surface area contributed by atoms with Crippen molar-refractivity contribution in [1.82, 2.24) is 5.32 Å². The van der Waals surface area contributed by atoms with E-state index in [0.717, 1.165) is 17.9 Å². The van der Waals surface area contributed by atoms with Crippen LogP contribution in [0, 0.1) is 11.8 Å². The number of nitrogens with one attached hydrogen (secondary N) is 1. The van der Waals surface area contributed by atoms with Gasteiger partial charge in [0, 0.05) is 6.04 Å². The van der Waals surface area contributed by atoms with Crippen LogP contribution >= 0.6 is 0 Å². The first-order valence-electron chi connectivity index (χ1n) is 5.93. The molecule has 0 spiro atoms. The van der Waals surface area contributed by atoms with Crippen molar-refractivity contribution in [1.29, 1.82) is 0 Å². The molecule has 1 rings (SSSR count). The Balaban J connectivity index is 2.11. The average Bonchev–Trinajstić information content (AvgIpc) is 2.08. The number of rotatable bonds is 4. The summed E-state index contributed by atoms with van der Waals surface area (Å²) in [6.07, 6.45) is 7.04. The van der Waals surface area contributed by atoms with Gasteiger partial charge in [0.05, 0.1) is 0 Å². The fourth-order valence-electron chi connectivity index (χ4n) is 2.18. The lowest BCUT2D eigenvalue weighted by Gasteiger charge is -2.29. The monoisotopic (exact) mass is 183 g/mol. The maximum absolute atomic E-state index is 3.70. The van der Waals surface area contributed by atoms with Crippen molar-refractivity contribution in [3.8, 4) is 0 Å². The Labute approximate surface area is 83.3 Å². The zero-order chi connectivity index (χ0) is 9.68. The summed E-state index contributed by atoms with van der Waals surface area (Å²) in [7, 11) is 0. The quantitative estimate of drug-likeness (QED) is 0.706. The van der Waals surface area contributed by atoms with E-state index < -0.39 is 0 Å². The third-order valence-electron chi connectivity index (χ3n) is 3.24. The molecule has 1 fully saturated rings. The van der Waals surface area contributed by atoms with Crippen LogP contribution in [0.15, 0.2) is 0 Å². The molecule has 2 atom stereocenters. The van der Waals surface area contributed by atoms with Crippen molar-refractivity contribution in [3.63, 3.8) is 0 Å². The molecule has 0 aromatic rings. The second-order valence-electron chi connectivity index (χ2n) is 5.00.